The van der Waals surface area contributed by atoms with Gasteiger partial charge in [0.2, 0.25) is 0 Å². The Morgan fingerprint density at radius 1 is 0.842 bits per heavy atom. The van der Waals surface area contributed by atoms with Gasteiger partial charge < -0.3 is 0 Å². The van der Waals surface area contributed by atoms with Gasteiger partial charge in [-0.2, -0.15) is 0 Å². The lowest BCUT2D eigenvalue weighted by Crippen LogP contribution is -1.85. The Morgan fingerprint density at radius 2 is 1.37 bits per heavy atom. The van der Waals surface area contributed by atoms with Crippen LogP contribution in [0.5, 0.6) is 0 Å². The Labute approximate surface area is 123 Å². The maximum absolute atomic E-state index is 10.8. The smallest absolute Gasteiger partial charge is 0.186 e. The van der Waals surface area contributed by atoms with Crippen LogP contribution in [-0.2, 0) is 4.79 Å². The lowest BCUT2D eigenvalue weighted by molar-refractivity contribution is -0.109. The zero-order chi connectivity index (χ0) is 14.7. The summed E-state index contributed by atoms with van der Waals surface area (Å²) in [6, 6.07) is 0. The molecule has 19 heavy (non-hydrogen) atoms. The lowest BCUT2D eigenvalue weighted by Gasteiger charge is -2.01. The minimum absolute atomic E-state index is 0.194. The van der Waals surface area contributed by atoms with Crippen LogP contribution in [0.2, 0.25) is 0 Å². The van der Waals surface area contributed by atoms with E-state index in [0.29, 0.717) is 0 Å². The first-order valence-corrected chi connectivity index (χ1v) is 7.98. The highest BCUT2D eigenvalue weighted by Crippen LogP contribution is 2.12. The Kier molecular flexibility index (Phi) is 10.7. The van der Waals surface area contributed by atoms with Gasteiger partial charge in [-0.25, -0.2) is 0 Å². The van der Waals surface area contributed by atoms with Gasteiger partial charge in [-0.3, -0.25) is 4.79 Å². The van der Waals surface area contributed by atoms with E-state index in [0.717, 1.165) is 31.4 Å². The lowest BCUT2D eigenvalue weighted by atomic mass is 10.1. The normalized spacial score (nSPS) is 12.5. The summed E-state index contributed by atoms with van der Waals surface area (Å²) in [5, 5.41) is 0.194. The minimum atomic E-state index is 0.194. The average molecular weight is 280 g/mol. The van der Waals surface area contributed by atoms with Crippen molar-refractivity contribution in [2.24, 2.45) is 0 Å². The molecule has 0 atom stereocenters. The van der Waals surface area contributed by atoms with E-state index < -0.39 is 0 Å². The predicted octanol–water partition coefficient (Wildman–Crippen LogP) is 5.69. The highest BCUT2D eigenvalue weighted by molar-refractivity contribution is 8.13. The van der Waals surface area contributed by atoms with Crippen molar-refractivity contribution in [2.75, 3.05) is 5.75 Å². The van der Waals surface area contributed by atoms with E-state index in [9.17, 15) is 4.79 Å². The molecule has 0 fully saturated rings. The largest absolute Gasteiger partial charge is 0.288 e. The topological polar surface area (TPSA) is 17.1 Å². The van der Waals surface area contributed by atoms with Crippen LogP contribution in [0.25, 0.3) is 0 Å². The number of carbonyl (C=O) groups excluding carboxylic acids is 1. The molecule has 0 aliphatic rings. The van der Waals surface area contributed by atoms with E-state index in [1.54, 1.807) is 6.92 Å². The minimum Gasteiger partial charge on any atom is -0.288 e. The summed E-state index contributed by atoms with van der Waals surface area (Å²) in [5.74, 6) is 0.810. The van der Waals surface area contributed by atoms with Crippen molar-refractivity contribution in [1.29, 1.82) is 0 Å². The number of thioether (sulfide) groups is 1. The highest BCUT2D eigenvalue weighted by Gasteiger charge is 1.94. The van der Waals surface area contributed by atoms with Gasteiger partial charge in [0.05, 0.1) is 0 Å². The number of carbonyl (C=O) groups is 1. The molecule has 0 heterocycles. The summed E-state index contributed by atoms with van der Waals surface area (Å²) < 4.78 is 0. The number of allylic oxidation sites excluding steroid dienone is 5. The summed E-state index contributed by atoms with van der Waals surface area (Å²) in [4.78, 5) is 10.8. The first-order valence-electron chi connectivity index (χ1n) is 6.99. The van der Waals surface area contributed by atoms with Crippen LogP contribution in [0.15, 0.2) is 34.9 Å². The molecule has 0 aliphatic heterocycles. The summed E-state index contributed by atoms with van der Waals surface area (Å²) >= 11 is 1.38. The monoisotopic (exact) mass is 280 g/mol. The number of rotatable bonds is 8. The fraction of sp³-hybridized carbons (Fsp3) is 0.588. The van der Waals surface area contributed by atoms with Gasteiger partial charge in [0.1, 0.15) is 0 Å². The molecule has 0 saturated carbocycles. The van der Waals surface area contributed by atoms with Crippen molar-refractivity contribution in [1.82, 2.24) is 0 Å². The van der Waals surface area contributed by atoms with Crippen molar-refractivity contribution < 1.29 is 4.79 Å². The van der Waals surface area contributed by atoms with E-state index >= 15 is 0 Å². The zero-order valence-electron chi connectivity index (χ0n) is 13.1. The quantitative estimate of drug-likeness (QED) is 0.532. The summed E-state index contributed by atoms with van der Waals surface area (Å²) in [6.45, 7) is 10.3. The zero-order valence-corrected chi connectivity index (χ0v) is 13.9. The molecule has 0 unspecified atom stereocenters. The van der Waals surface area contributed by atoms with Crippen LogP contribution in [0, 0.1) is 0 Å². The Hall–Kier alpha value is -0.760. The number of hydrogen-bond donors (Lipinski definition) is 0. The van der Waals surface area contributed by atoms with E-state index in [1.165, 1.54) is 28.5 Å². The average Bonchev–Trinajstić information content (AvgIpc) is 2.27. The second kappa shape index (κ2) is 11.1. The van der Waals surface area contributed by atoms with Gasteiger partial charge in [-0.05, 0) is 53.4 Å². The third kappa shape index (κ3) is 13.5. The molecule has 0 spiro atoms. The molecule has 108 valence electrons. The molecule has 0 aromatic heterocycles. The van der Waals surface area contributed by atoms with Gasteiger partial charge in [0, 0.05) is 12.7 Å². The Balaban J connectivity index is 3.86. The Bertz CT molecular complexity index is 357. The van der Waals surface area contributed by atoms with Crippen molar-refractivity contribution >= 4 is 16.9 Å². The van der Waals surface area contributed by atoms with E-state index in [1.807, 2.05) is 0 Å². The van der Waals surface area contributed by atoms with Crippen LogP contribution in [-0.4, -0.2) is 10.9 Å². The van der Waals surface area contributed by atoms with Crippen LogP contribution >= 0.6 is 11.8 Å². The fourth-order valence-corrected chi connectivity index (χ4v) is 2.24. The SMILES string of the molecule is CC(=O)SCC=C(C)CCC=C(C)CCC=C(C)C. The molecule has 1 nitrogen and oxygen atoms in total. The van der Waals surface area contributed by atoms with Crippen molar-refractivity contribution in [3.05, 3.63) is 34.9 Å². The summed E-state index contributed by atoms with van der Waals surface area (Å²) in [7, 11) is 0. The predicted molar refractivity (Wildman–Crippen MR) is 88.6 cm³/mol. The van der Waals surface area contributed by atoms with Crippen LogP contribution in [0.4, 0.5) is 0 Å². The van der Waals surface area contributed by atoms with E-state index in [4.69, 9.17) is 0 Å². The summed E-state index contributed by atoms with van der Waals surface area (Å²) in [5.41, 5.74) is 4.25. The Morgan fingerprint density at radius 3 is 1.89 bits per heavy atom. The summed E-state index contributed by atoms with van der Waals surface area (Å²) in [6.07, 6.45) is 11.3. The second-order valence-corrected chi connectivity index (χ2v) is 6.46. The van der Waals surface area contributed by atoms with Crippen molar-refractivity contribution in [3.8, 4) is 0 Å². The third-order valence-electron chi connectivity index (χ3n) is 2.84. The maximum Gasteiger partial charge on any atom is 0.186 e. The second-order valence-electron chi connectivity index (χ2n) is 5.26. The maximum atomic E-state index is 10.8. The van der Waals surface area contributed by atoms with E-state index in [-0.39, 0.29) is 5.12 Å². The molecule has 0 rings (SSSR count). The van der Waals surface area contributed by atoms with Gasteiger partial charge in [0.15, 0.2) is 5.12 Å². The van der Waals surface area contributed by atoms with Crippen LogP contribution in [0.1, 0.15) is 60.3 Å². The highest BCUT2D eigenvalue weighted by atomic mass is 32.2. The third-order valence-corrected chi connectivity index (χ3v) is 3.58. The molecule has 0 N–H and O–H groups in total. The molecule has 0 radical (unpaired) electrons. The van der Waals surface area contributed by atoms with Gasteiger partial charge >= 0.3 is 0 Å². The number of hydrogen-bond acceptors (Lipinski definition) is 2. The molecule has 0 bridgehead atoms. The van der Waals surface area contributed by atoms with Gasteiger partial charge in [-0.15, -0.1) is 0 Å². The molecular weight excluding hydrogens is 252 g/mol. The van der Waals surface area contributed by atoms with E-state index in [2.05, 4.69) is 45.9 Å². The van der Waals surface area contributed by atoms with Crippen molar-refractivity contribution in [3.63, 3.8) is 0 Å². The molecule has 0 aromatic rings. The molecular formula is C17H28OS. The molecule has 0 amide bonds. The molecule has 0 aliphatic carbocycles. The first kappa shape index (κ1) is 18.2. The van der Waals surface area contributed by atoms with Gasteiger partial charge in [0.25, 0.3) is 0 Å². The van der Waals surface area contributed by atoms with Crippen molar-refractivity contribution in [2.45, 2.75) is 60.3 Å². The standard InChI is InChI=1S/C17H28OS/c1-14(2)8-6-9-15(3)10-7-11-16(4)12-13-19-17(5)18/h8,10,12H,6-7,9,11,13H2,1-5H3. The van der Waals surface area contributed by atoms with Crippen LogP contribution in [0.3, 0.4) is 0 Å². The molecule has 0 saturated heterocycles. The van der Waals surface area contributed by atoms with Gasteiger partial charge in [-0.1, -0.05) is 46.7 Å². The fourth-order valence-electron chi connectivity index (χ4n) is 1.64. The molecule has 0 aromatic carbocycles. The van der Waals surface area contributed by atoms with Crippen LogP contribution < -0.4 is 0 Å². The first-order chi connectivity index (χ1) is 8.91. The molecule has 2 heteroatoms.